The minimum Gasteiger partial charge on any atom is -0.371 e. The van der Waals surface area contributed by atoms with Crippen LogP contribution in [-0.2, 0) is 0 Å². The number of nitro benzene ring substituents is 1. The summed E-state index contributed by atoms with van der Waals surface area (Å²) in [5.74, 6) is 0.569. The Bertz CT molecular complexity index is 1120. The van der Waals surface area contributed by atoms with Crippen molar-refractivity contribution in [3.05, 3.63) is 63.2 Å². The van der Waals surface area contributed by atoms with Gasteiger partial charge >= 0.3 is 0 Å². The quantitative estimate of drug-likeness (QED) is 0.445. The van der Waals surface area contributed by atoms with Crippen LogP contribution in [0, 0.1) is 16.0 Å². The molecule has 0 unspecified atom stereocenters. The van der Waals surface area contributed by atoms with Gasteiger partial charge in [-0.15, -0.1) is 5.10 Å². The standard InChI is InChI=1S/C21H21ClN6O3/c1-13-8-10-27(11-9-13)18-7-6-14(28(30)31)12-16(18)20(29)24-21-23-19(25-26-21)15-4-2-3-5-17(15)22/h2-7,12-13H,8-11H2,1H3,(H2,23,24,25,26,29). The van der Waals surface area contributed by atoms with Crippen LogP contribution in [0.15, 0.2) is 42.5 Å². The Hall–Kier alpha value is -3.46. The molecule has 4 rings (SSSR count). The number of aromatic nitrogens is 3. The number of nitrogens with one attached hydrogen (secondary N) is 2. The van der Waals surface area contributed by atoms with E-state index in [1.807, 2.05) is 6.07 Å². The van der Waals surface area contributed by atoms with Crippen LogP contribution in [0.3, 0.4) is 0 Å². The highest BCUT2D eigenvalue weighted by molar-refractivity contribution is 6.33. The lowest BCUT2D eigenvalue weighted by molar-refractivity contribution is -0.384. The zero-order chi connectivity index (χ0) is 22.0. The Morgan fingerprint density at radius 2 is 2.00 bits per heavy atom. The minimum atomic E-state index is -0.513. The van der Waals surface area contributed by atoms with Gasteiger partial charge in [0.2, 0.25) is 5.95 Å². The first kappa shape index (κ1) is 20.8. The van der Waals surface area contributed by atoms with E-state index in [0.717, 1.165) is 25.9 Å². The van der Waals surface area contributed by atoms with Gasteiger partial charge < -0.3 is 4.90 Å². The van der Waals surface area contributed by atoms with Crippen molar-refractivity contribution in [1.82, 2.24) is 15.2 Å². The zero-order valence-corrected chi connectivity index (χ0v) is 17.6. The Labute approximate surface area is 183 Å². The van der Waals surface area contributed by atoms with Gasteiger partial charge in [-0.05, 0) is 37.0 Å². The summed E-state index contributed by atoms with van der Waals surface area (Å²) in [7, 11) is 0. The van der Waals surface area contributed by atoms with E-state index in [-0.39, 0.29) is 17.2 Å². The maximum absolute atomic E-state index is 13.0. The summed E-state index contributed by atoms with van der Waals surface area (Å²) in [5.41, 5.74) is 1.38. The lowest BCUT2D eigenvalue weighted by atomic mass is 9.98. The SMILES string of the molecule is CC1CCN(c2ccc([N+](=O)[O-])cc2C(=O)Nc2n[nH]c(-c3ccccc3Cl)n2)CC1. The lowest BCUT2D eigenvalue weighted by Crippen LogP contribution is -2.34. The van der Waals surface area contributed by atoms with E-state index in [2.05, 4.69) is 32.3 Å². The van der Waals surface area contributed by atoms with Gasteiger partial charge in [0.05, 0.1) is 21.2 Å². The molecule has 0 saturated carbocycles. The number of amides is 1. The van der Waals surface area contributed by atoms with Crippen molar-refractivity contribution in [1.29, 1.82) is 0 Å². The maximum Gasteiger partial charge on any atom is 0.270 e. The van der Waals surface area contributed by atoms with Crippen molar-refractivity contribution < 1.29 is 9.72 Å². The van der Waals surface area contributed by atoms with Crippen LogP contribution in [0.4, 0.5) is 17.3 Å². The Kier molecular flexibility index (Phi) is 5.85. The number of benzene rings is 2. The molecule has 0 radical (unpaired) electrons. The van der Waals surface area contributed by atoms with Crippen LogP contribution < -0.4 is 10.2 Å². The smallest absolute Gasteiger partial charge is 0.270 e. The summed E-state index contributed by atoms with van der Waals surface area (Å²) in [6, 6.07) is 11.5. The number of carbonyl (C=O) groups is 1. The number of halogens is 1. The minimum absolute atomic E-state index is 0.0599. The first-order chi connectivity index (χ1) is 14.9. The van der Waals surface area contributed by atoms with Crippen molar-refractivity contribution in [3.63, 3.8) is 0 Å². The van der Waals surface area contributed by atoms with Crippen LogP contribution in [0.25, 0.3) is 11.4 Å². The fourth-order valence-corrected chi connectivity index (χ4v) is 3.83. The third kappa shape index (κ3) is 4.51. The fraction of sp³-hybridized carbons (Fsp3) is 0.286. The molecule has 1 aliphatic heterocycles. The summed E-state index contributed by atoms with van der Waals surface area (Å²) in [6.45, 7) is 3.77. The number of H-pyrrole nitrogens is 1. The second-order valence-electron chi connectivity index (χ2n) is 7.57. The molecule has 2 N–H and O–H groups in total. The topological polar surface area (TPSA) is 117 Å². The van der Waals surface area contributed by atoms with Crippen molar-refractivity contribution >= 4 is 34.8 Å². The average molecular weight is 441 g/mol. The number of carbonyl (C=O) groups excluding carboxylic acids is 1. The van der Waals surface area contributed by atoms with Crippen LogP contribution in [0.2, 0.25) is 5.02 Å². The van der Waals surface area contributed by atoms with Gasteiger partial charge in [0.15, 0.2) is 5.82 Å². The van der Waals surface area contributed by atoms with Crippen molar-refractivity contribution in [2.75, 3.05) is 23.3 Å². The molecule has 1 aromatic heterocycles. The van der Waals surface area contributed by atoms with Crippen LogP contribution >= 0.6 is 11.6 Å². The molecular weight excluding hydrogens is 420 g/mol. The molecule has 3 aromatic rings. The third-order valence-corrected chi connectivity index (χ3v) is 5.73. The van der Waals surface area contributed by atoms with Gasteiger partial charge in [0, 0.05) is 30.8 Å². The summed E-state index contributed by atoms with van der Waals surface area (Å²) >= 11 is 6.19. The number of rotatable bonds is 5. The molecule has 160 valence electrons. The molecule has 1 aliphatic rings. The summed E-state index contributed by atoms with van der Waals surface area (Å²) < 4.78 is 0. The molecule has 0 aliphatic carbocycles. The molecule has 0 spiro atoms. The van der Waals surface area contributed by atoms with E-state index >= 15 is 0 Å². The number of anilines is 2. The number of hydrogen-bond donors (Lipinski definition) is 2. The number of nitro groups is 1. The second-order valence-corrected chi connectivity index (χ2v) is 7.98. The predicted octanol–water partition coefficient (Wildman–Crippen LogP) is 4.52. The highest BCUT2D eigenvalue weighted by Gasteiger charge is 2.24. The molecule has 2 aromatic carbocycles. The predicted molar refractivity (Wildman–Crippen MR) is 118 cm³/mol. The van der Waals surface area contributed by atoms with Gasteiger partial charge in [0.1, 0.15) is 0 Å². The number of piperidine rings is 1. The lowest BCUT2D eigenvalue weighted by Gasteiger charge is -2.33. The fourth-order valence-electron chi connectivity index (χ4n) is 3.60. The average Bonchev–Trinajstić information content (AvgIpc) is 3.22. The van der Waals surface area contributed by atoms with E-state index in [1.165, 1.54) is 12.1 Å². The molecule has 1 amide bonds. The highest BCUT2D eigenvalue weighted by atomic mass is 35.5. The Morgan fingerprint density at radius 1 is 1.26 bits per heavy atom. The Balaban J connectivity index is 1.61. The monoisotopic (exact) mass is 440 g/mol. The maximum atomic E-state index is 13.0. The van der Waals surface area contributed by atoms with E-state index in [9.17, 15) is 14.9 Å². The highest BCUT2D eigenvalue weighted by Crippen LogP contribution is 2.30. The molecule has 1 saturated heterocycles. The van der Waals surface area contributed by atoms with Crippen LogP contribution in [-0.4, -0.2) is 39.1 Å². The summed E-state index contributed by atoms with van der Waals surface area (Å²) in [6.07, 6.45) is 2.00. The van der Waals surface area contributed by atoms with Crippen molar-refractivity contribution in [3.8, 4) is 11.4 Å². The van der Waals surface area contributed by atoms with E-state index in [0.29, 0.717) is 28.0 Å². The largest absolute Gasteiger partial charge is 0.371 e. The zero-order valence-electron chi connectivity index (χ0n) is 16.8. The molecule has 0 atom stereocenters. The first-order valence-electron chi connectivity index (χ1n) is 9.94. The van der Waals surface area contributed by atoms with Gasteiger partial charge in [-0.3, -0.25) is 25.3 Å². The molecule has 1 fully saturated rings. The summed E-state index contributed by atoms with van der Waals surface area (Å²) in [5, 5.41) is 21.2. The van der Waals surface area contributed by atoms with Crippen LogP contribution in [0.5, 0.6) is 0 Å². The number of hydrogen-bond acceptors (Lipinski definition) is 6. The van der Waals surface area contributed by atoms with E-state index in [1.54, 1.807) is 24.3 Å². The molecule has 31 heavy (non-hydrogen) atoms. The third-order valence-electron chi connectivity index (χ3n) is 5.40. The first-order valence-corrected chi connectivity index (χ1v) is 10.3. The van der Waals surface area contributed by atoms with E-state index in [4.69, 9.17) is 11.6 Å². The molecule has 0 bridgehead atoms. The van der Waals surface area contributed by atoms with Gasteiger partial charge in [0.25, 0.3) is 11.6 Å². The number of aromatic amines is 1. The number of nitrogens with zero attached hydrogens (tertiary/aromatic N) is 4. The Morgan fingerprint density at radius 3 is 2.71 bits per heavy atom. The second kappa shape index (κ2) is 8.73. The summed E-state index contributed by atoms with van der Waals surface area (Å²) in [4.78, 5) is 30.2. The van der Waals surface area contributed by atoms with Crippen molar-refractivity contribution in [2.24, 2.45) is 5.92 Å². The van der Waals surface area contributed by atoms with Crippen LogP contribution in [0.1, 0.15) is 30.1 Å². The van der Waals surface area contributed by atoms with Gasteiger partial charge in [-0.25, -0.2) is 0 Å². The normalized spacial score (nSPS) is 14.5. The number of non-ortho nitro benzene ring substituents is 1. The van der Waals surface area contributed by atoms with Gasteiger partial charge in [-0.2, -0.15) is 4.98 Å². The molecule has 2 heterocycles. The molecular formula is C21H21ClN6O3. The van der Waals surface area contributed by atoms with Gasteiger partial charge in [-0.1, -0.05) is 30.7 Å². The molecule has 9 nitrogen and oxygen atoms in total. The molecule has 10 heteroatoms. The van der Waals surface area contributed by atoms with Crippen molar-refractivity contribution in [2.45, 2.75) is 19.8 Å². The van der Waals surface area contributed by atoms with E-state index < -0.39 is 10.8 Å².